The summed E-state index contributed by atoms with van der Waals surface area (Å²) in [4.78, 5) is 13.9. The van der Waals surface area contributed by atoms with Crippen molar-refractivity contribution in [2.45, 2.75) is 40.2 Å². The molecule has 0 fully saturated rings. The van der Waals surface area contributed by atoms with E-state index < -0.39 is 0 Å². The molecule has 2 heteroatoms. The minimum Gasteiger partial charge on any atom is -0.366 e. The standard InChI is InChI=1S/C11H19NO/c1-8(2)11(13)10-6-5-7-12(10)9(3)4/h6,8-9H,5,7H2,1-4H3. The second-order valence-electron chi connectivity index (χ2n) is 4.18. The second kappa shape index (κ2) is 3.95. The molecule has 0 aromatic rings. The molecule has 0 spiro atoms. The summed E-state index contributed by atoms with van der Waals surface area (Å²) < 4.78 is 0. The lowest BCUT2D eigenvalue weighted by Crippen LogP contribution is -2.32. The smallest absolute Gasteiger partial charge is 0.181 e. The number of ketones is 1. The molecular formula is C11H19NO. The zero-order valence-electron chi connectivity index (χ0n) is 9.00. The van der Waals surface area contributed by atoms with Crippen molar-refractivity contribution in [2.24, 2.45) is 5.92 Å². The van der Waals surface area contributed by atoms with E-state index in [-0.39, 0.29) is 11.7 Å². The Morgan fingerprint density at radius 1 is 1.38 bits per heavy atom. The van der Waals surface area contributed by atoms with Crippen molar-refractivity contribution in [1.82, 2.24) is 4.90 Å². The van der Waals surface area contributed by atoms with Crippen LogP contribution in [0.25, 0.3) is 0 Å². The molecule has 0 radical (unpaired) electrons. The molecule has 13 heavy (non-hydrogen) atoms. The maximum Gasteiger partial charge on any atom is 0.181 e. The lowest BCUT2D eigenvalue weighted by molar-refractivity contribution is -0.119. The molecule has 2 nitrogen and oxygen atoms in total. The van der Waals surface area contributed by atoms with Gasteiger partial charge in [0.2, 0.25) is 0 Å². The minimum atomic E-state index is 0.116. The molecule has 0 atom stereocenters. The molecule has 0 aliphatic carbocycles. The van der Waals surface area contributed by atoms with Crippen molar-refractivity contribution in [1.29, 1.82) is 0 Å². The summed E-state index contributed by atoms with van der Waals surface area (Å²) in [6.07, 6.45) is 3.09. The minimum absolute atomic E-state index is 0.116. The van der Waals surface area contributed by atoms with Crippen LogP contribution < -0.4 is 0 Å². The number of carbonyl (C=O) groups is 1. The van der Waals surface area contributed by atoms with E-state index in [2.05, 4.69) is 24.8 Å². The first-order valence-electron chi connectivity index (χ1n) is 5.05. The average molecular weight is 181 g/mol. The van der Waals surface area contributed by atoms with Gasteiger partial charge < -0.3 is 4.90 Å². The molecule has 0 saturated carbocycles. The zero-order valence-corrected chi connectivity index (χ0v) is 9.00. The molecule has 0 saturated heterocycles. The topological polar surface area (TPSA) is 20.3 Å². The monoisotopic (exact) mass is 181 g/mol. The maximum absolute atomic E-state index is 11.8. The van der Waals surface area contributed by atoms with Crippen molar-refractivity contribution in [2.75, 3.05) is 6.54 Å². The van der Waals surface area contributed by atoms with Crippen molar-refractivity contribution in [3.05, 3.63) is 11.8 Å². The first-order valence-corrected chi connectivity index (χ1v) is 5.05. The van der Waals surface area contributed by atoms with Gasteiger partial charge in [0.05, 0.1) is 5.70 Å². The van der Waals surface area contributed by atoms with Crippen LogP contribution in [0.4, 0.5) is 0 Å². The highest BCUT2D eigenvalue weighted by Gasteiger charge is 2.24. The van der Waals surface area contributed by atoms with E-state index in [0.717, 1.165) is 18.7 Å². The molecule has 1 rings (SSSR count). The van der Waals surface area contributed by atoms with Crippen LogP contribution in [0.15, 0.2) is 11.8 Å². The summed E-state index contributed by atoms with van der Waals surface area (Å²) in [6.45, 7) is 9.19. The first kappa shape index (κ1) is 10.3. The normalized spacial score (nSPS) is 17.1. The Morgan fingerprint density at radius 2 is 2.00 bits per heavy atom. The number of allylic oxidation sites excluding steroid dienone is 1. The van der Waals surface area contributed by atoms with E-state index in [9.17, 15) is 4.79 Å². The Kier molecular flexibility index (Phi) is 3.12. The summed E-state index contributed by atoms with van der Waals surface area (Å²) in [5.74, 6) is 0.400. The van der Waals surface area contributed by atoms with Gasteiger partial charge in [0.25, 0.3) is 0 Å². The summed E-state index contributed by atoms with van der Waals surface area (Å²) in [5, 5.41) is 0. The van der Waals surface area contributed by atoms with Crippen LogP contribution in [0.3, 0.4) is 0 Å². The fraction of sp³-hybridized carbons (Fsp3) is 0.727. The van der Waals surface area contributed by atoms with E-state index in [0.29, 0.717) is 6.04 Å². The number of carbonyl (C=O) groups excluding carboxylic acids is 1. The molecule has 0 bridgehead atoms. The number of hydrogen-bond acceptors (Lipinski definition) is 2. The third kappa shape index (κ3) is 2.11. The fourth-order valence-corrected chi connectivity index (χ4v) is 1.65. The van der Waals surface area contributed by atoms with Crippen LogP contribution in [0.2, 0.25) is 0 Å². The third-order valence-electron chi connectivity index (χ3n) is 2.42. The molecule has 0 unspecified atom stereocenters. The average Bonchev–Trinajstić information content (AvgIpc) is 2.50. The SMILES string of the molecule is CC(C)C(=O)C1=CCCN1C(C)C. The summed E-state index contributed by atoms with van der Waals surface area (Å²) in [7, 11) is 0. The van der Waals surface area contributed by atoms with Crippen molar-refractivity contribution in [3.8, 4) is 0 Å². The predicted octanol–water partition coefficient (Wildman–Crippen LogP) is 2.21. The molecule has 1 heterocycles. The molecule has 0 amide bonds. The Labute approximate surface area is 80.6 Å². The predicted molar refractivity (Wildman–Crippen MR) is 54.4 cm³/mol. The largest absolute Gasteiger partial charge is 0.366 e. The Hall–Kier alpha value is -0.790. The van der Waals surface area contributed by atoms with Crippen LogP contribution in [-0.2, 0) is 4.79 Å². The molecule has 0 aromatic carbocycles. The number of hydrogen-bond donors (Lipinski definition) is 0. The van der Waals surface area contributed by atoms with Gasteiger partial charge in [0.15, 0.2) is 5.78 Å². The highest BCUT2D eigenvalue weighted by Crippen LogP contribution is 2.21. The molecule has 0 N–H and O–H groups in total. The van der Waals surface area contributed by atoms with Gasteiger partial charge in [-0.1, -0.05) is 19.9 Å². The number of rotatable bonds is 3. The maximum atomic E-state index is 11.8. The van der Waals surface area contributed by atoms with Crippen LogP contribution in [0.1, 0.15) is 34.1 Å². The number of nitrogens with zero attached hydrogens (tertiary/aromatic N) is 1. The van der Waals surface area contributed by atoms with Gasteiger partial charge in [-0.3, -0.25) is 4.79 Å². The van der Waals surface area contributed by atoms with Gasteiger partial charge in [0.1, 0.15) is 0 Å². The van der Waals surface area contributed by atoms with Crippen LogP contribution in [0.5, 0.6) is 0 Å². The van der Waals surface area contributed by atoms with Crippen molar-refractivity contribution in [3.63, 3.8) is 0 Å². The van der Waals surface area contributed by atoms with E-state index in [4.69, 9.17) is 0 Å². The van der Waals surface area contributed by atoms with Crippen LogP contribution in [-0.4, -0.2) is 23.3 Å². The lowest BCUT2D eigenvalue weighted by Gasteiger charge is -2.26. The van der Waals surface area contributed by atoms with Crippen LogP contribution >= 0.6 is 0 Å². The van der Waals surface area contributed by atoms with Gasteiger partial charge in [0, 0.05) is 18.5 Å². The van der Waals surface area contributed by atoms with Gasteiger partial charge >= 0.3 is 0 Å². The molecular weight excluding hydrogens is 162 g/mol. The fourth-order valence-electron chi connectivity index (χ4n) is 1.65. The first-order chi connectivity index (χ1) is 6.04. The number of Topliss-reactive ketones (excluding diaryl/α,β-unsaturated/α-hetero) is 1. The summed E-state index contributed by atoms with van der Waals surface area (Å²) >= 11 is 0. The van der Waals surface area contributed by atoms with Gasteiger partial charge in [-0.2, -0.15) is 0 Å². The van der Waals surface area contributed by atoms with E-state index in [1.54, 1.807) is 0 Å². The molecule has 74 valence electrons. The molecule has 0 aromatic heterocycles. The molecule has 1 aliphatic heterocycles. The lowest BCUT2D eigenvalue weighted by atomic mass is 10.1. The van der Waals surface area contributed by atoms with Crippen molar-refractivity contribution >= 4 is 5.78 Å². The quantitative estimate of drug-likeness (QED) is 0.665. The van der Waals surface area contributed by atoms with Gasteiger partial charge in [-0.25, -0.2) is 0 Å². The molecule has 1 aliphatic rings. The van der Waals surface area contributed by atoms with E-state index >= 15 is 0 Å². The Bertz CT molecular complexity index is 228. The second-order valence-corrected chi connectivity index (χ2v) is 4.18. The van der Waals surface area contributed by atoms with Gasteiger partial charge in [-0.15, -0.1) is 0 Å². The third-order valence-corrected chi connectivity index (χ3v) is 2.42. The van der Waals surface area contributed by atoms with E-state index in [1.165, 1.54) is 0 Å². The van der Waals surface area contributed by atoms with Crippen LogP contribution in [0, 0.1) is 5.92 Å². The summed E-state index contributed by atoms with van der Waals surface area (Å²) in [6, 6.07) is 0.441. The Balaban J connectivity index is 2.74. The highest BCUT2D eigenvalue weighted by atomic mass is 16.1. The zero-order chi connectivity index (χ0) is 10.0. The summed E-state index contributed by atoms with van der Waals surface area (Å²) in [5.41, 5.74) is 0.935. The Morgan fingerprint density at radius 3 is 2.46 bits per heavy atom. The van der Waals surface area contributed by atoms with E-state index in [1.807, 2.05) is 13.8 Å². The van der Waals surface area contributed by atoms with Gasteiger partial charge in [-0.05, 0) is 20.3 Å². The highest BCUT2D eigenvalue weighted by molar-refractivity contribution is 5.96. The van der Waals surface area contributed by atoms with Crippen molar-refractivity contribution < 1.29 is 4.79 Å².